The van der Waals surface area contributed by atoms with Gasteiger partial charge in [0.2, 0.25) is 10.0 Å². The first kappa shape index (κ1) is 19.3. The van der Waals surface area contributed by atoms with Crippen LogP contribution < -0.4 is 4.72 Å². The molecule has 0 saturated heterocycles. The topological polar surface area (TPSA) is 55.4 Å². The van der Waals surface area contributed by atoms with E-state index in [1.54, 1.807) is 25.1 Å². The second-order valence-electron chi connectivity index (χ2n) is 5.99. The van der Waals surface area contributed by atoms with Crippen LogP contribution >= 0.6 is 0 Å². The third-order valence-corrected chi connectivity index (χ3v) is 5.06. The van der Waals surface area contributed by atoms with Gasteiger partial charge in [-0.2, -0.15) is 0 Å². The summed E-state index contributed by atoms with van der Waals surface area (Å²) in [5.41, 5.74) is 1.05. The molecule has 0 amide bonds. The van der Waals surface area contributed by atoms with Gasteiger partial charge in [-0.1, -0.05) is 48.0 Å². The van der Waals surface area contributed by atoms with Gasteiger partial charge in [0.1, 0.15) is 11.4 Å². The fraction of sp³-hybridized carbons (Fsp3) is 0.263. The highest BCUT2D eigenvalue weighted by Gasteiger charge is 2.30. The molecule has 6 heteroatoms. The molecule has 1 unspecified atom stereocenters. The molecule has 0 bridgehead atoms. The number of benzene rings is 2. The van der Waals surface area contributed by atoms with Crippen molar-refractivity contribution in [3.63, 3.8) is 0 Å². The minimum absolute atomic E-state index is 0.0923. The summed E-state index contributed by atoms with van der Waals surface area (Å²) in [6.07, 6.45) is 1.51. The molecule has 2 rings (SSSR count). The maximum Gasteiger partial charge on any atom is 0.233 e. The highest BCUT2D eigenvalue weighted by atomic mass is 32.2. The van der Waals surface area contributed by atoms with Crippen LogP contribution in [0.25, 0.3) is 6.08 Å². The highest BCUT2D eigenvalue weighted by Crippen LogP contribution is 2.26. The van der Waals surface area contributed by atoms with Crippen molar-refractivity contribution in [1.29, 1.82) is 0 Å². The molecular formula is C19H22FNO3S. The molecule has 0 aromatic heterocycles. The first-order chi connectivity index (χ1) is 11.8. The predicted octanol–water partition coefficient (Wildman–Crippen LogP) is 3.59. The number of rotatable bonds is 7. The molecule has 134 valence electrons. The molecule has 0 aliphatic rings. The quantitative estimate of drug-likeness (QED) is 0.818. The maximum atomic E-state index is 14.0. The monoisotopic (exact) mass is 363 g/mol. The Morgan fingerprint density at radius 1 is 1.16 bits per heavy atom. The average Bonchev–Trinajstić information content (AvgIpc) is 2.60. The molecule has 0 aliphatic carbocycles. The summed E-state index contributed by atoms with van der Waals surface area (Å²) in [5.74, 6) is -0.443. The second-order valence-corrected chi connectivity index (χ2v) is 7.65. The van der Waals surface area contributed by atoms with E-state index in [1.165, 1.54) is 19.3 Å². The summed E-state index contributed by atoms with van der Waals surface area (Å²) < 4.78 is 46.3. The van der Waals surface area contributed by atoms with Crippen molar-refractivity contribution in [3.05, 3.63) is 76.4 Å². The van der Waals surface area contributed by atoms with E-state index in [4.69, 9.17) is 4.74 Å². The third-order valence-electron chi connectivity index (χ3n) is 4.02. The first-order valence-electron chi connectivity index (χ1n) is 7.80. The van der Waals surface area contributed by atoms with Gasteiger partial charge in [0.25, 0.3) is 0 Å². The Labute approximate surface area is 148 Å². The van der Waals surface area contributed by atoms with Gasteiger partial charge in [-0.25, -0.2) is 17.5 Å². The van der Waals surface area contributed by atoms with Gasteiger partial charge < -0.3 is 4.74 Å². The van der Waals surface area contributed by atoms with Crippen molar-refractivity contribution in [2.45, 2.75) is 19.4 Å². The fourth-order valence-corrected chi connectivity index (χ4v) is 3.21. The van der Waals surface area contributed by atoms with Crippen LogP contribution in [0, 0.1) is 12.7 Å². The number of aryl methyl sites for hydroxylation is 1. The van der Waals surface area contributed by atoms with Crippen molar-refractivity contribution in [2.24, 2.45) is 0 Å². The molecule has 0 spiro atoms. The maximum absolute atomic E-state index is 14.0. The molecule has 0 saturated carbocycles. The van der Waals surface area contributed by atoms with E-state index in [0.717, 1.165) is 16.5 Å². The Balaban J connectivity index is 2.12. The number of ether oxygens (including phenoxy) is 1. The number of sulfonamides is 1. The molecule has 0 heterocycles. The van der Waals surface area contributed by atoms with E-state index >= 15 is 0 Å². The molecule has 2 aromatic carbocycles. The summed E-state index contributed by atoms with van der Waals surface area (Å²) in [7, 11) is -2.27. The normalized spacial score (nSPS) is 14.6. The molecular weight excluding hydrogens is 341 g/mol. The van der Waals surface area contributed by atoms with Gasteiger partial charge in [-0.3, -0.25) is 0 Å². The predicted molar refractivity (Wildman–Crippen MR) is 97.9 cm³/mol. The van der Waals surface area contributed by atoms with Crippen molar-refractivity contribution < 1.29 is 17.5 Å². The zero-order chi connectivity index (χ0) is 18.5. The fourth-order valence-electron chi connectivity index (χ4n) is 2.30. The number of hydrogen-bond donors (Lipinski definition) is 1. The Morgan fingerprint density at radius 3 is 2.40 bits per heavy atom. The van der Waals surface area contributed by atoms with Crippen LogP contribution in [0.15, 0.2) is 53.9 Å². The lowest BCUT2D eigenvalue weighted by Gasteiger charge is -2.29. The Kier molecular flexibility index (Phi) is 6.11. The Hall–Kier alpha value is -2.02. The van der Waals surface area contributed by atoms with E-state index in [1.807, 2.05) is 31.2 Å². The van der Waals surface area contributed by atoms with Crippen LogP contribution in [-0.4, -0.2) is 22.1 Å². The summed E-state index contributed by atoms with van der Waals surface area (Å²) >= 11 is 0. The van der Waals surface area contributed by atoms with Crippen LogP contribution in [0.1, 0.15) is 23.6 Å². The number of halogens is 1. The number of hydrogen-bond acceptors (Lipinski definition) is 3. The minimum atomic E-state index is -3.69. The van der Waals surface area contributed by atoms with Crippen molar-refractivity contribution >= 4 is 16.1 Å². The summed E-state index contributed by atoms with van der Waals surface area (Å²) in [6, 6.07) is 13.6. The molecule has 0 radical (unpaired) electrons. The Morgan fingerprint density at radius 2 is 1.80 bits per heavy atom. The zero-order valence-corrected chi connectivity index (χ0v) is 15.3. The third kappa shape index (κ3) is 5.22. The molecule has 25 heavy (non-hydrogen) atoms. The van der Waals surface area contributed by atoms with Crippen molar-refractivity contribution in [1.82, 2.24) is 4.72 Å². The largest absolute Gasteiger partial charge is 0.372 e. The van der Waals surface area contributed by atoms with E-state index in [-0.39, 0.29) is 6.54 Å². The minimum Gasteiger partial charge on any atom is -0.372 e. The first-order valence-corrected chi connectivity index (χ1v) is 9.35. The van der Waals surface area contributed by atoms with Gasteiger partial charge >= 0.3 is 0 Å². The van der Waals surface area contributed by atoms with Crippen LogP contribution in [0.4, 0.5) is 4.39 Å². The summed E-state index contributed by atoms with van der Waals surface area (Å²) in [5, 5.41) is 1.09. The highest BCUT2D eigenvalue weighted by molar-refractivity contribution is 7.92. The van der Waals surface area contributed by atoms with Crippen LogP contribution in [0.2, 0.25) is 0 Å². The summed E-state index contributed by atoms with van der Waals surface area (Å²) in [4.78, 5) is 0. The van der Waals surface area contributed by atoms with Crippen LogP contribution in [-0.2, 0) is 20.4 Å². The van der Waals surface area contributed by atoms with E-state index in [9.17, 15) is 12.8 Å². The molecule has 0 aliphatic heterocycles. The molecule has 4 nitrogen and oxygen atoms in total. The average molecular weight is 363 g/mol. The van der Waals surface area contributed by atoms with Gasteiger partial charge in [-0.15, -0.1) is 0 Å². The van der Waals surface area contributed by atoms with Crippen LogP contribution in [0.5, 0.6) is 0 Å². The van der Waals surface area contributed by atoms with Gasteiger partial charge in [0, 0.05) is 24.6 Å². The number of nitrogens with one attached hydrogen (secondary N) is 1. The molecule has 1 N–H and O–H groups in total. The van der Waals surface area contributed by atoms with Gasteiger partial charge in [-0.05, 0) is 31.6 Å². The second kappa shape index (κ2) is 7.91. The van der Waals surface area contributed by atoms with Crippen LogP contribution in [0.3, 0.4) is 0 Å². The lowest BCUT2D eigenvalue weighted by atomic mass is 9.95. The van der Waals surface area contributed by atoms with E-state index in [0.29, 0.717) is 5.56 Å². The van der Waals surface area contributed by atoms with Crippen molar-refractivity contribution in [3.8, 4) is 0 Å². The smallest absolute Gasteiger partial charge is 0.233 e. The lowest BCUT2D eigenvalue weighted by molar-refractivity contribution is 0.00416. The lowest BCUT2D eigenvalue weighted by Crippen LogP contribution is -2.40. The molecule has 0 fully saturated rings. The number of methoxy groups -OCH3 is 1. The van der Waals surface area contributed by atoms with Gasteiger partial charge in [0.05, 0.1) is 0 Å². The van der Waals surface area contributed by atoms with E-state index in [2.05, 4.69) is 4.72 Å². The van der Waals surface area contributed by atoms with Crippen molar-refractivity contribution in [2.75, 3.05) is 13.7 Å². The van der Waals surface area contributed by atoms with Gasteiger partial charge in [0.15, 0.2) is 0 Å². The SMILES string of the molecule is COC(C)(CNS(=O)(=O)/C=C/c1ccc(C)cc1)c1ccccc1F. The molecule has 2 aromatic rings. The van der Waals surface area contributed by atoms with E-state index < -0.39 is 21.4 Å². The standard InChI is InChI=1S/C19H22FNO3S/c1-15-8-10-16(11-9-15)12-13-25(22,23)21-14-19(2,24-3)17-6-4-5-7-18(17)20/h4-13,21H,14H2,1-3H3/b13-12+. The Bertz CT molecular complexity index is 847. The summed E-state index contributed by atoms with van der Waals surface area (Å²) in [6.45, 7) is 3.50. The molecule has 1 atom stereocenters. The zero-order valence-electron chi connectivity index (χ0n) is 14.5.